The first kappa shape index (κ1) is 12.9. The van der Waals surface area contributed by atoms with E-state index in [0.717, 1.165) is 26.1 Å². The molecule has 0 aliphatic rings. The van der Waals surface area contributed by atoms with Crippen LogP contribution in [0.15, 0.2) is 0 Å². The van der Waals surface area contributed by atoms with Crippen LogP contribution >= 0.6 is 0 Å². The Hall–Kier alpha value is -0.0800. The van der Waals surface area contributed by atoms with E-state index >= 15 is 0 Å². The summed E-state index contributed by atoms with van der Waals surface area (Å²) in [6.45, 7) is 23.2. The van der Waals surface area contributed by atoms with Gasteiger partial charge < -0.3 is 9.80 Å². The second-order valence-electron chi connectivity index (χ2n) is 3.06. The SMILES string of the molecule is [CH]CN(C[CH])CCN(C[CH])CCC. The Labute approximate surface area is 83.9 Å². The maximum absolute atomic E-state index is 5.57. The zero-order valence-electron chi connectivity index (χ0n) is 8.58. The van der Waals surface area contributed by atoms with Crippen LogP contribution in [0.25, 0.3) is 0 Å². The Bertz CT molecular complexity index is 100. The molecule has 0 atom stereocenters. The summed E-state index contributed by atoms with van der Waals surface area (Å²) in [7, 11) is 0. The number of hydrogen-bond acceptors (Lipinski definition) is 2. The molecule has 0 aromatic rings. The van der Waals surface area contributed by atoms with E-state index in [-0.39, 0.29) is 0 Å². The molecular formula is C11H20N2. The minimum atomic E-state index is 0.515. The van der Waals surface area contributed by atoms with Crippen molar-refractivity contribution in [2.24, 2.45) is 0 Å². The molecule has 74 valence electrons. The molecule has 0 amide bonds. The normalized spacial score (nSPS) is 11.5. The van der Waals surface area contributed by atoms with E-state index in [9.17, 15) is 0 Å². The van der Waals surface area contributed by atoms with Crippen LogP contribution in [-0.2, 0) is 0 Å². The van der Waals surface area contributed by atoms with Crippen molar-refractivity contribution in [2.75, 3.05) is 39.3 Å². The molecule has 0 aromatic heterocycles. The van der Waals surface area contributed by atoms with Crippen molar-refractivity contribution in [1.82, 2.24) is 9.80 Å². The van der Waals surface area contributed by atoms with E-state index < -0.39 is 0 Å². The molecule has 2 nitrogen and oxygen atoms in total. The maximum atomic E-state index is 5.57. The summed E-state index contributed by atoms with van der Waals surface area (Å²) in [6, 6.07) is 0. The lowest BCUT2D eigenvalue weighted by Crippen LogP contribution is -2.35. The van der Waals surface area contributed by atoms with Gasteiger partial charge in [0.2, 0.25) is 0 Å². The monoisotopic (exact) mass is 180 g/mol. The van der Waals surface area contributed by atoms with Crippen LogP contribution in [0, 0.1) is 20.8 Å². The number of nitrogens with zero attached hydrogens (tertiary/aromatic N) is 2. The largest absolute Gasteiger partial charge is 0.302 e. The van der Waals surface area contributed by atoms with Crippen LogP contribution in [0.3, 0.4) is 0 Å². The van der Waals surface area contributed by atoms with Crippen molar-refractivity contribution in [2.45, 2.75) is 13.3 Å². The standard InChI is InChI=1S/C11H20N2/c1-5-9-13(8-4)11-10-12(6-2)7-3/h2-4H,5-11H2,1H3. The molecule has 13 heavy (non-hydrogen) atoms. The smallest absolute Gasteiger partial charge is 0.0110 e. The summed E-state index contributed by atoms with van der Waals surface area (Å²) in [5, 5.41) is 0. The van der Waals surface area contributed by atoms with Gasteiger partial charge in [-0.2, -0.15) is 0 Å². The quantitative estimate of drug-likeness (QED) is 0.552. The second kappa shape index (κ2) is 8.52. The third-order valence-electron chi connectivity index (χ3n) is 2.05. The zero-order chi connectivity index (χ0) is 10.1. The molecule has 0 aliphatic carbocycles. The van der Waals surface area contributed by atoms with Gasteiger partial charge in [0.15, 0.2) is 0 Å². The Kier molecular flexibility index (Phi) is 8.46. The molecule has 0 aliphatic heterocycles. The van der Waals surface area contributed by atoms with Gasteiger partial charge >= 0.3 is 0 Å². The fraction of sp³-hybridized carbons (Fsp3) is 0.727. The fourth-order valence-corrected chi connectivity index (χ4v) is 1.15. The second-order valence-corrected chi connectivity index (χ2v) is 3.06. The average molecular weight is 180 g/mol. The highest BCUT2D eigenvalue weighted by atomic mass is 15.2. The van der Waals surface area contributed by atoms with Gasteiger partial charge in [-0.3, -0.25) is 0 Å². The molecule has 2 heteroatoms. The molecule has 0 aromatic carbocycles. The lowest BCUT2D eigenvalue weighted by molar-refractivity contribution is 0.238. The number of hydrogen-bond donors (Lipinski definition) is 0. The van der Waals surface area contributed by atoms with E-state index in [0.29, 0.717) is 19.6 Å². The van der Waals surface area contributed by atoms with Crippen molar-refractivity contribution < 1.29 is 0 Å². The van der Waals surface area contributed by atoms with Gasteiger partial charge in [0.1, 0.15) is 0 Å². The first-order chi connectivity index (χ1) is 6.28. The Morgan fingerprint density at radius 2 is 1.23 bits per heavy atom. The van der Waals surface area contributed by atoms with Crippen molar-refractivity contribution in [3.63, 3.8) is 0 Å². The molecule has 0 saturated carbocycles. The van der Waals surface area contributed by atoms with Crippen molar-refractivity contribution >= 4 is 0 Å². The minimum absolute atomic E-state index is 0.515. The minimum Gasteiger partial charge on any atom is -0.302 e. The molecule has 0 saturated heterocycles. The summed E-state index contributed by atoms with van der Waals surface area (Å²) in [6.07, 6.45) is 1.13. The molecule has 0 rings (SSSR count). The molecule has 0 bridgehead atoms. The molecule has 0 heterocycles. The van der Waals surface area contributed by atoms with Gasteiger partial charge in [0.25, 0.3) is 0 Å². The summed E-state index contributed by atoms with van der Waals surface area (Å²) in [4.78, 5) is 4.18. The van der Waals surface area contributed by atoms with Crippen molar-refractivity contribution in [3.8, 4) is 0 Å². The summed E-state index contributed by atoms with van der Waals surface area (Å²) < 4.78 is 0. The highest BCUT2D eigenvalue weighted by Crippen LogP contribution is 1.93. The summed E-state index contributed by atoms with van der Waals surface area (Å²) in [5.41, 5.74) is 0. The summed E-state index contributed by atoms with van der Waals surface area (Å²) in [5.74, 6) is 0. The van der Waals surface area contributed by atoms with Crippen LogP contribution in [0.2, 0.25) is 0 Å². The maximum Gasteiger partial charge on any atom is 0.0110 e. The van der Waals surface area contributed by atoms with E-state index in [1.54, 1.807) is 0 Å². The highest BCUT2D eigenvalue weighted by molar-refractivity contribution is 4.65. The lowest BCUT2D eigenvalue weighted by Gasteiger charge is -2.24. The number of rotatable bonds is 8. The van der Waals surface area contributed by atoms with Crippen LogP contribution < -0.4 is 0 Å². The van der Waals surface area contributed by atoms with E-state index in [1.165, 1.54) is 0 Å². The van der Waals surface area contributed by atoms with Crippen LogP contribution in [0.1, 0.15) is 13.3 Å². The molecular weight excluding hydrogens is 160 g/mol. The molecule has 0 fully saturated rings. The summed E-state index contributed by atoms with van der Waals surface area (Å²) >= 11 is 0. The van der Waals surface area contributed by atoms with Gasteiger partial charge in [-0.1, -0.05) is 6.92 Å². The first-order valence-corrected chi connectivity index (χ1v) is 4.83. The van der Waals surface area contributed by atoms with Crippen molar-refractivity contribution in [3.05, 3.63) is 20.8 Å². The third kappa shape index (κ3) is 6.05. The van der Waals surface area contributed by atoms with Gasteiger partial charge in [0, 0.05) is 32.7 Å². The van der Waals surface area contributed by atoms with Crippen LogP contribution in [0.4, 0.5) is 0 Å². The van der Waals surface area contributed by atoms with Crippen LogP contribution in [0.5, 0.6) is 0 Å². The van der Waals surface area contributed by atoms with Gasteiger partial charge in [-0.15, -0.1) is 0 Å². The first-order valence-electron chi connectivity index (χ1n) is 4.83. The Balaban J connectivity index is 3.56. The zero-order valence-corrected chi connectivity index (χ0v) is 8.58. The van der Waals surface area contributed by atoms with E-state index in [2.05, 4.69) is 11.8 Å². The predicted molar refractivity (Wildman–Crippen MR) is 56.1 cm³/mol. The van der Waals surface area contributed by atoms with Crippen LogP contribution in [-0.4, -0.2) is 49.1 Å². The van der Waals surface area contributed by atoms with Crippen molar-refractivity contribution in [1.29, 1.82) is 0 Å². The Morgan fingerprint density at radius 1 is 0.769 bits per heavy atom. The van der Waals surface area contributed by atoms with E-state index in [4.69, 9.17) is 20.8 Å². The molecule has 6 radical (unpaired) electrons. The van der Waals surface area contributed by atoms with Gasteiger partial charge in [-0.25, -0.2) is 0 Å². The molecule has 0 N–H and O–H groups in total. The Morgan fingerprint density at radius 3 is 1.62 bits per heavy atom. The lowest BCUT2D eigenvalue weighted by atomic mass is 10.3. The molecule has 0 spiro atoms. The van der Waals surface area contributed by atoms with E-state index in [1.807, 2.05) is 4.90 Å². The highest BCUT2D eigenvalue weighted by Gasteiger charge is 2.03. The fourth-order valence-electron chi connectivity index (χ4n) is 1.15. The van der Waals surface area contributed by atoms with Gasteiger partial charge in [-0.05, 0) is 33.7 Å². The third-order valence-corrected chi connectivity index (χ3v) is 2.05. The topological polar surface area (TPSA) is 6.48 Å². The molecule has 0 unspecified atom stereocenters. The predicted octanol–water partition coefficient (Wildman–Crippen LogP) is 1.13. The van der Waals surface area contributed by atoms with Gasteiger partial charge in [0.05, 0.1) is 0 Å². The average Bonchev–Trinajstić information content (AvgIpc) is 2.17.